The van der Waals surface area contributed by atoms with Gasteiger partial charge >= 0.3 is 5.97 Å². The van der Waals surface area contributed by atoms with Crippen LogP contribution in [0.2, 0.25) is 0 Å². The first-order valence-corrected chi connectivity index (χ1v) is 8.21. The third-order valence-corrected chi connectivity index (χ3v) is 4.69. The van der Waals surface area contributed by atoms with Gasteiger partial charge in [0.2, 0.25) is 5.91 Å². The molecule has 3 rings (SSSR count). The summed E-state index contributed by atoms with van der Waals surface area (Å²) in [6.07, 6.45) is 2.65. The number of amides is 1. The minimum absolute atomic E-state index is 0.100. The molecule has 1 aromatic carbocycles. The van der Waals surface area contributed by atoms with Crippen molar-refractivity contribution in [1.82, 2.24) is 4.90 Å². The predicted molar refractivity (Wildman–Crippen MR) is 83.2 cm³/mol. The third-order valence-electron chi connectivity index (χ3n) is 4.69. The van der Waals surface area contributed by atoms with Crippen molar-refractivity contribution in [3.8, 4) is 0 Å². The maximum Gasteiger partial charge on any atom is 0.310 e. The van der Waals surface area contributed by atoms with E-state index in [1.807, 2.05) is 30.0 Å². The first-order valence-electron chi connectivity index (χ1n) is 8.21. The fourth-order valence-electron chi connectivity index (χ4n) is 3.40. The van der Waals surface area contributed by atoms with Crippen LogP contribution in [-0.2, 0) is 14.3 Å². The molecule has 1 aromatic rings. The van der Waals surface area contributed by atoms with Crippen molar-refractivity contribution >= 4 is 11.9 Å². The van der Waals surface area contributed by atoms with Crippen LogP contribution in [0.3, 0.4) is 0 Å². The molecule has 0 aromatic heterocycles. The second kappa shape index (κ2) is 6.51. The van der Waals surface area contributed by atoms with Crippen LogP contribution in [-0.4, -0.2) is 36.5 Å². The van der Waals surface area contributed by atoms with Crippen LogP contribution >= 0.6 is 0 Å². The number of nitrogens with zero attached hydrogens (tertiary/aromatic N) is 1. The number of rotatable bonds is 4. The smallest absolute Gasteiger partial charge is 0.310 e. The Morgan fingerprint density at radius 2 is 2.05 bits per heavy atom. The molecule has 0 bridgehead atoms. The fraction of sp³-hybridized carbons (Fsp3) is 0.556. The summed E-state index contributed by atoms with van der Waals surface area (Å²) in [5.41, 5.74) is 1.25. The van der Waals surface area contributed by atoms with Crippen LogP contribution in [0, 0.1) is 11.8 Å². The van der Waals surface area contributed by atoms with Gasteiger partial charge in [0.15, 0.2) is 0 Å². The maximum absolute atomic E-state index is 12.6. The molecule has 22 heavy (non-hydrogen) atoms. The van der Waals surface area contributed by atoms with Crippen LogP contribution in [0.5, 0.6) is 0 Å². The largest absolute Gasteiger partial charge is 0.466 e. The summed E-state index contributed by atoms with van der Waals surface area (Å²) in [5.74, 6) is 0.366. The normalized spacial score (nSPS) is 27.3. The summed E-state index contributed by atoms with van der Waals surface area (Å²) in [5, 5.41) is 0. The van der Waals surface area contributed by atoms with Crippen molar-refractivity contribution in [2.75, 3.05) is 19.7 Å². The Labute approximate surface area is 131 Å². The average molecular weight is 301 g/mol. The summed E-state index contributed by atoms with van der Waals surface area (Å²) in [6.45, 7) is 3.52. The Kier molecular flexibility index (Phi) is 4.46. The molecular formula is C18H23NO3. The van der Waals surface area contributed by atoms with Crippen LogP contribution < -0.4 is 0 Å². The van der Waals surface area contributed by atoms with Crippen molar-refractivity contribution in [3.05, 3.63) is 35.9 Å². The molecular weight excluding hydrogens is 278 g/mol. The van der Waals surface area contributed by atoms with Crippen LogP contribution in [0.15, 0.2) is 30.3 Å². The third kappa shape index (κ3) is 3.16. The van der Waals surface area contributed by atoms with Crippen molar-refractivity contribution in [2.24, 2.45) is 11.8 Å². The molecule has 1 heterocycles. The van der Waals surface area contributed by atoms with Crippen LogP contribution in [0.25, 0.3) is 0 Å². The Balaban J connectivity index is 1.58. The SMILES string of the molecule is CCOC(=O)C1CCCN(C(=O)C2CC2c2ccccc2)C1. The summed E-state index contributed by atoms with van der Waals surface area (Å²) in [7, 11) is 0. The number of hydrogen-bond acceptors (Lipinski definition) is 3. The van der Waals surface area contributed by atoms with E-state index < -0.39 is 0 Å². The number of carbonyl (C=O) groups excluding carboxylic acids is 2. The van der Waals surface area contributed by atoms with Gasteiger partial charge in [-0.1, -0.05) is 30.3 Å². The summed E-state index contributed by atoms with van der Waals surface area (Å²) >= 11 is 0. The highest BCUT2D eigenvalue weighted by Crippen LogP contribution is 2.48. The second-order valence-electron chi connectivity index (χ2n) is 6.23. The van der Waals surface area contributed by atoms with Crippen LogP contribution in [0.1, 0.15) is 37.7 Å². The molecule has 1 saturated carbocycles. The standard InChI is InChI=1S/C18H23NO3/c1-2-22-18(21)14-9-6-10-19(12-14)17(20)16-11-15(16)13-7-4-3-5-8-13/h3-5,7-8,14-16H,2,6,9-12H2,1H3. The Morgan fingerprint density at radius 1 is 1.27 bits per heavy atom. The zero-order chi connectivity index (χ0) is 15.5. The van der Waals surface area contributed by atoms with E-state index >= 15 is 0 Å². The lowest BCUT2D eigenvalue weighted by Gasteiger charge is -2.31. The van der Waals surface area contributed by atoms with E-state index in [0.29, 0.717) is 19.1 Å². The number of likely N-dealkylation sites (tertiary alicyclic amines) is 1. The second-order valence-corrected chi connectivity index (χ2v) is 6.23. The van der Waals surface area contributed by atoms with E-state index in [2.05, 4.69) is 12.1 Å². The van der Waals surface area contributed by atoms with Gasteiger partial charge in [-0.05, 0) is 37.7 Å². The number of benzene rings is 1. The molecule has 2 aliphatic rings. The minimum atomic E-state index is -0.157. The maximum atomic E-state index is 12.6. The number of piperidine rings is 1. The predicted octanol–water partition coefficient (Wildman–Crippen LogP) is 2.59. The van der Waals surface area contributed by atoms with Gasteiger partial charge in [-0.3, -0.25) is 9.59 Å². The van der Waals surface area contributed by atoms with E-state index in [-0.39, 0.29) is 23.7 Å². The van der Waals surface area contributed by atoms with Gasteiger partial charge in [0.1, 0.15) is 0 Å². The molecule has 0 radical (unpaired) electrons. The summed E-state index contributed by atoms with van der Waals surface area (Å²) in [6, 6.07) is 10.2. The van der Waals surface area contributed by atoms with E-state index in [0.717, 1.165) is 25.8 Å². The first-order chi connectivity index (χ1) is 10.7. The molecule has 4 heteroatoms. The van der Waals surface area contributed by atoms with Gasteiger partial charge in [-0.2, -0.15) is 0 Å². The van der Waals surface area contributed by atoms with Gasteiger partial charge in [-0.25, -0.2) is 0 Å². The van der Waals surface area contributed by atoms with Gasteiger partial charge in [0.05, 0.1) is 12.5 Å². The average Bonchev–Trinajstić information content (AvgIpc) is 3.36. The molecule has 118 valence electrons. The molecule has 0 N–H and O–H groups in total. The van der Waals surface area contributed by atoms with E-state index in [4.69, 9.17) is 4.74 Å². The monoisotopic (exact) mass is 301 g/mol. The van der Waals surface area contributed by atoms with Crippen molar-refractivity contribution in [2.45, 2.75) is 32.1 Å². The fourth-order valence-corrected chi connectivity index (χ4v) is 3.40. The molecule has 1 amide bonds. The zero-order valence-electron chi connectivity index (χ0n) is 13.0. The van der Waals surface area contributed by atoms with Crippen molar-refractivity contribution < 1.29 is 14.3 Å². The number of hydrogen-bond donors (Lipinski definition) is 0. The lowest BCUT2D eigenvalue weighted by molar-refractivity contribution is -0.151. The quantitative estimate of drug-likeness (QED) is 0.803. The van der Waals surface area contributed by atoms with Crippen molar-refractivity contribution in [1.29, 1.82) is 0 Å². The molecule has 2 fully saturated rings. The summed E-state index contributed by atoms with van der Waals surface area (Å²) in [4.78, 5) is 26.4. The number of esters is 1. The molecule has 3 unspecified atom stereocenters. The van der Waals surface area contributed by atoms with Gasteiger partial charge in [0, 0.05) is 19.0 Å². The molecule has 4 nitrogen and oxygen atoms in total. The van der Waals surface area contributed by atoms with Crippen LogP contribution in [0.4, 0.5) is 0 Å². The number of carbonyl (C=O) groups is 2. The van der Waals surface area contributed by atoms with E-state index in [1.54, 1.807) is 0 Å². The minimum Gasteiger partial charge on any atom is -0.466 e. The highest BCUT2D eigenvalue weighted by Gasteiger charge is 2.46. The highest BCUT2D eigenvalue weighted by molar-refractivity contribution is 5.84. The Morgan fingerprint density at radius 3 is 2.77 bits per heavy atom. The lowest BCUT2D eigenvalue weighted by atomic mass is 9.97. The Bertz CT molecular complexity index is 543. The molecule has 1 aliphatic carbocycles. The van der Waals surface area contributed by atoms with E-state index in [9.17, 15) is 9.59 Å². The molecule has 1 aliphatic heterocycles. The number of ether oxygens (including phenoxy) is 1. The molecule has 3 atom stereocenters. The molecule has 0 spiro atoms. The van der Waals surface area contributed by atoms with Gasteiger partial charge < -0.3 is 9.64 Å². The highest BCUT2D eigenvalue weighted by atomic mass is 16.5. The van der Waals surface area contributed by atoms with E-state index in [1.165, 1.54) is 5.56 Å². The zero-order valence-corrected chi connectivity index (χ0v) is 13.0. The van der Waals surface area contributed by atoms with Gasteiger partial charge in [-0.15, -0.1) is 0 Å². The molecule has 1 saturated heterocycles. The summed E-state index contributed by atoms with van der Waals surface area (Å²) < 4.78 is 5.10. The first kappa shape index (κ1) is 15.1. The Hall–Kier alpha value is -1.84. The topological polar surface area (TPSA) is 46.6 Å². The van der Waals surface area contributed by atoms with Gasteiger partial charge in [0.25, 0.3) is 0 Å². The lowest BCUT2D eigenvalue weighted by Crippen LogP contribution is -2.43. The van der Waals surface area contributed by atoms with Crippen molar-refractivity contribution in [3.63, 3.8) is 0 Å².